The zero-order valence-electron chi connectivity index (χ0n) is 14.5. The maximum Gasteiger partial charge on any atom is 0.420 e. The fourth-order valence-electron chi connectivity index (χ4n) is 3.00. The summed E-state index contributed by atoms with van der Waals surface area (Å²) in [5.74, 6) is -0.163. The Morgan fingerprint density at radius 3 is 2.66 bits per heavy atom. The zero-order chi connectivity index (χ0) is 20.8. The Hall–Kier alpha value is -3.15. The lowest BCUT2D eigenvalue weighted by atomic mass is 10.1. The molecular formula is C17H12BrF3N6O2. The maximum absolute atomic E-state index is 13.7. The van der Waals surface area contributed by atoms with Gasteiger partial charge in [-0.2, -0.15) is 23.4 Å². The number of nitrogens with zero attached hydrogens (tertiary/aromatic N) is 5. The number of nitrogens with two attached hydrogens (primary N) is 1. The summed E-state index contributed by atoms with van der Waals surface area (Å²) in [6.07, 6.45) is -1.89. The fraction of sp³-hybridized carbons (Fsp3) is 0.176. The third kappa shape index (κ3) is 3.50. The van der Waals surface area contributed by atoms with E-state index in [0.717, 1.165) is 10.9 Å². The number of alkyl halides is 3. The van der Waals surface area contributed by atoms with Gasteiger partial charge in [0.05, 0.1) is 29.1 Å². The number of carbonyl (C=O) groups is 1. The van der Waals surface area contributed by atoms with Crippen molar-refractivity contribution in [1.82, 2.24) is 20.0 Å². The van der Waals surface area contributed by atoms with Gasteiger partial charge in [0.15, 0.2) is 11.6 Å². The highest BCUT2D eigenvalue weighted by Gasteiger charge is 2.38. The van der Waals surface area contributed by atoms with Crippen LogP contribution in [0.2, 0.25) is 0 Å². The van der Waals surface area contributed by atoms with Crippen molar-refractivity contribution in [3.63, 3.8) is 0 Å². The molecule has 1 aliphatic heterocycles. The number of primary amides is 1. The number of anilines is 1. The van der Waals surface area contributed by atoms with Gasteiger partial charge < -0.3 is 10.5 Å². The highest BCUT2D eigenvalue weighted by Crippen LogP contribution is 2.43. The van der Waals surface area contributed by atoms with E-state index in [0.29, 0.717) is 15.9 Å². The lowest BCUT2D eigenvalue weighted by molar-refractivity contribution is -0.138. The molecule has 29 heavy (non-hydrogen) atoms. The van der Waals surface area contributed by atoms with Crippen molar-refractivity contribution in [3.8, 4) is 11.6 Å². The van der Waals surface area contributed by atoms with E-state index >= 15 is 0 Å². The van der Waals surface area contributed by atoms with E-state index in [1.807, 2.05) is 0 Å². The normalized spacial score (nSPS) is 16.3. The number of benzene rings is 1. The number of ether oxygens (including phenoxy) is 1. The minimum atomic E-state index is -4.71. The second-order valence-electron chi connectivity index (χ2n) is 6.10. The number of fused-ring (bicyclic) bond motifs is 1. The van der Waals surface area contributed by atoms with E-state index in [1.165, 1.54) is 23.5 Å². The third-order valence-corrected chi connectivity index (χ3v) is 4.91. The van der Waals surface area contributed by atoms with Gasteiger partial charge in [0.1, 0.15) is 11.7 Å². The molecule has 1 unspecified atom stereocenters. The zero-order valence-corrected chi connectivity index (χ0v) is 16.1. The number of para-hydroxylation sites is 1. The van der Waals surface area contributed by atoms with E-state index in [9.17, 15) is 18.0 Å². The van der Waals surface area contributed by atoms with Crippen LogP contribution in [0.5, 0.6) is 5.75 Å². The molecule has 0 saturated heterocycles. The van der Waals surface area contributed by atoms with Crippen LogP contribution in [0.15, 0.2) is 47.3 Å². The average molecular weight is 469 g/mol. The van der Waals surface area contributed by atoms with Gasteiger partial charge in [0.2, 0.25) is 0 Å². The number of aromatic nitrogens is 4. The molecule has 0 aliphatic carbocycles. The monoisotopic (exact) mass is 468 g/mol. The lowest BCUT2D eigenvalue weighted by Crippen LogP contribution is -2.43. The van der Waals surface area contributed by atoms with Crippen LogP contribution in [-0.4, -0.2) is 32.6 Å². The Balaban J connectivity index is 1.79. The van der Waals surface area contributed by atoms with E-state index in [4.69, 9.17) is 10.5 Å². The number of rotatable bonds is 2. The largest absolute Gasteiger partial charge is 0.480 e. The molecule has 2 N–H and O–H groups in total. The van der Waals surface area contributed by atoms with Crippen LogP contribution in [0.4, 0.5) is 23.7 Å². The Bertz CT molecular complexity index is 1070. The molecule has 12 heteroatoms. The van der Waals surface area contributed by atoms with Gasteiger partial charge in [-0.05, 0) is 34.1 Å². The van der Waals surface area contributed by atoms with Crippen molar-refractivity contribution >= 4 is 27.6 Å². The molecule has 3 aromatic rings. The van der Waals surface area contributed by atoms with Gasteiger partial charge in [-0.1, -0.05) is 6.07 Å². The topological polar surface area (TPSA) is 99.2 Å². The summed E-state index contributed by atoms with van der Waals surface area (Å²) in [4.78, 5) is 17.8. The molecule has 150 valence electrons. The first-order chi connectivity index (χ1) is 13.8. The van der Waals surface area contributed by atoms with Crippen LogP contribution in [0.25, 0.3) is 5.82 Å². The Morgan fingerprint density at radius 1 is 1.28 bits per heavy atom. The van der Waals surface area contributed by atoms with Crippen LogP contribution in [0.1, 0.15) is 17.2 Å². The molecule has 0 spiro atoms. The van der Waals surface area contributed by atoms with Crippen molar-refractivity contribution < 1.29 is 22.7 Å². The van der Waals surface area contributed by atoms with E-state index in [-0.39, 0.29) is 12.1 Å². The van der Waals surface area contributed by atoms with Crippen LogP contribution in [-0.2, 0) is 6.18 Å². The van der Waals surface area contributed by atoms with Crippen molar-refractivity contribution in [2.45, 2.75) is 12.3 Å². The predicted molar refractivity (Wildman–Crippen MR) is 98.6 cm³/mol. The summed E-state index contributed by atoms with van der Waals surface area (Å²) in [5.41, 5.74) is 4.98. The first-order valence-corrected chi connectivity index (χ1v) is 9.01. The summed E-state index contributed by atoms with van der Waals surface area (Å²) in [6.45, 7) is -0.0723. The molecule has 1 aliphatic rings. The quantitative estimate of drug-likeness (QED) is 0.620. The molecular weight excluding hydrogens is 457 g/mol. The highest BCUT2D eigenvalue weighted by atomic mass is 79.9. The van der Waals surface area contributed by atoms with Crippen LogP contribution >= 0.6 is 15.9 Å². The van der Waals surface area contributed by atoms with Gasteiger partial charge in [-0.3, -0.25) is 4.90 Å². The lowest BCUT2D eigenvalue weighted by Gasteiger charge is -2.34. The molecule has 2 aromatic heterocycles. The molecule has 1 atom stereocenters. The molecule has 0 radical (unpaired) electrons. The number of hydrogen-bond acceptors (Lipinski definition) is 5. The molecule has 0 bridgehead atoms. The fourth-order valence-corrected chi connectivity index (χ4v) is 3.44. The van der Waals surface area contributed by atoms with Crippen LogP contribution in [0, 0.1) is 0 Å². The molecule has 3 heterocycles. The summed E-state index contributed by atoms with van der Waals surface area (Å²) in [6, 6.07) is 5.17. The Labute approximate surface area is 170 Å². The molecule has 0 saturated carbocycles. The molecule has 0 fully saturated rings. The minimum Gasteiger partial charge on any atom is -0.480 e. The Kier molecular flexibility index (Phi) is 4.65. The number of urea groups is 1. The van der Waals surface area contributed by atoms with Crippen molar-refractivity contribution in [2.24, 2.45) is 5.73 Å². The van der Waals surface area contributed by atoms with Crippen LogP contribution < -0.4 is 15.4 Å². The van der Waals surface area contributed by atoms with Gasteiger partial charge >= 0.3 is 12.2 Å². The van der Waals surface area contributed by atoms with Crippen molar-refractivity contribution in [3.05, 3.63) is 58.5 Å². The van der Waals surface area contributed by atoms with E-state index in [1.54, 1.807) is 18.2 Å². The summed E-state index contributed by atoms with van der Waals surface area (Å²) in [7, 11) is 0. The van der Waals surface area contributed by atoms with Crippen molar-refractivity contribution in [2.75, 3.05) is 11.4 Å². The maximum atomic E-state index is 13.7. The van der Waals surface area contributed by atoms with Gasteiger partial charge in [0, 0.05) is 11.8 Å². The highest BCUT2D eigenvalue weighted by molar-refractivity contribution is 9.10. The van der Waals surface area contributed by atoms with Gasteiger partial charge in [0.25, 0.3) is 0 Å². The molecule has 1 aromatic carbocycles. The van der Waals surface area contributed by atoms with E-state index < -0.39 is 29.7 Å². The van der Waals surface area contributed by atoms with Gasteiger partial charge in [-0.25, -0.2) is 9.78 Å². The summed E-state index contributed by atoms with van der Waals surface area (Å²) >= 11 is 3.32. The number of amides is 2. The predicted octanol–water partition coefficient (Wildman–Crippen LogP) is 3.46. The first-order valence-electron chi connectivity index (χ1n) is 8.21. The second-order valence-corrected chi connectivity index (χ2v) is 6.95. The molecule has 4 rings (SSSR count). The summed E-state index contributed by atoms with van der Waals surface area (Å²) in [5, 5.41) is 7.43. The standard InChI is InChI=1S/C17H12BrF3N6O2/c18-11-2-1-3-12-14(11)29-13(8-26(12)16(22)28)9-6-10(17(19,20)21)15(23-7-9)27-24-4-5-25-27/h1-7,13H,8H2,(H2,22,28). The Morgan fingerprint density at radius 2 is 2.00 bits per heavy atom. The molecule has 8 nitrogen and oxygen atoms in total. The third-order valence-electron chi connectivity index (χ3n) is 4.28. The number of pyridine rings is 1. The van der Waals surface area contributed by atoms with Crippen LogP contribution in [0.3, 0.4) is 0 Å². The van der Waals surface area contributed by atoms with E-state index in [2.05, 4.69) is 31.1 Å². The number of halogens is 4. The number of carbonyl (C=O) groups excluding carboxylic acids is 1. The average Bonchev–Trinajstić information content (AvgIpc) is 3.21. The molecule has 2 amide bonds. The minimum absolute atomic E-state index is 0.0723. The van der Waals surface area contributed by atoms with Crippen molar-refractivity contribution in [1.29, 1.82) is 0 Å². The number of hydrogen-bond donors (Lipinski definition) is 1. The SMILES string of the molecule is NC(=O)N1CC(c2cnc(-n3nccn3)c(C(F)(F)F)c2)Oc2c(Br)cccc21. The van der Waals surface area contributed by atoms with Gasteiger partial charge in [-0.15, -0.1) is 4.80 Å². The smallest absolute Gasteiger partial charge is 0.420 e. The first kappa shape index (κ1) is 19.2. The second kappa shape index (κ2) is 7.03. The summed E-state index contributed by atoms with van der Waals surface area (Å²) < 4.78 is 47.4.